The second-order valence-electron chi connectivity index (χ2n) is 7.11. The van der Waals surface area contributed by atoms with Gasteiger partial charge < -0.3 is 14.6 Å². The van der Waals surface area contributed by atoms with Crippen LogP contribution in [0.1, 0.15) is 5.56 Å². The zero-order valence-electron chi connectivity index (χ0n) is 17.4. The summed E-state index contributed by atoms with van der Waals surface area (Å²) in [7, 11) is 1.53. The van der Waals surface area contributed by atoms with E-state index in [0.717, 1.165) is 16.8 Å². The van der Waals surface area contributed by atoms with Gasteiger partial charge in [-0.1, -0.05) is 30.3 Å². The van der Waals surface area contributed by atoms with E-state index in [1.165, 1.54) is 19.2 Å². The van der Waals surface area contributed by atoms with Crippen molar-refractivity contribution in [2.24, 2.45) is 0 Å². The van der Waals surface area contributed by atoms with Crippen molar-refractivity contribution in [3.63, 3.8) is 0 Å². The van der Waals surface area contributed by atoms with Gasteiger partial charge in [0.2, 0.25) is 0 Å². The number of methoxy groups -OCH3 is 1. The first-order valence-electron chi connectivity index (χ1n) is 9.94. The monoisotopic (exact) mass is 432 g/mol. The van der Waals surface area contributed by atoms with E-state index in [2.05, 4.69) is 0 Å². The van der Waals surface area contributed by atoms with Crippen molar-refractivity contribution < 1.29 is 23.8 Å². The number of halogens is 1. The van der Waals surface area contributed by atoms with Gasteiger partial charge in [0.15, 0.2) is 6.61 Å². The summed E-state index contributed by atoms with van der Waals surface area (Å²) < 4.78 is 26.1. The van der Waals surface area contributed by atoms with E-state index in [-0.39, 0.29) is 5.82 Å². The van der Waals surface area contributed by atoms with Gasteiger partial charge in [0, 0.05) is 17.2 Å². The van der Waals surface area contributed by atoms with Crippen molar-refractivity contribution >= 4 is 5.97 Å². The largest absolute Gasteiger partial charge is 0.497 e. The van der Waals surface area contributed by atoms with Crippen LogP contribution in [0, 0.1) is 5.82 Å². The first-order valence-corrected chi connectivity index (χ1v) is 9.94. The fourth-order valence-electron chi connectivity index (χ4n) is 3.38. The highest BCUT2D eigenvalue weighted by atomic mass is 19.1. The Kier molecular flexibility index (Phi) is 6.17. The molecule has 162 valence electrons. The summed E-state index contributed by atoms with van der Waals surface area (Å²) in [6, 6.07) is 23.1. The van der Waals surface area contributed by atoms with Gasteiger partial charge in [-0.15, -0.1) is 0 Å². The first kappa shape index (κ1) is 21.1. The Labute approximate surface area is 184 Å². The van der Waals surface area contributed by atoms with Gasteiger partial charge in [0.05, 0.1) is 25.0 Å². The van der Waals surface area contributed by atoms with Crippen molar-refractivity contribution in [3.8, 4) is 34.0 Å². The predicted octanol–water partition coefficient (Wildman–Crippen LogP) is 4.88. The minimum absolute atomic E-state index is 0.317. The fourth-order valence-corrected chi connectivity index (χ4v) is 3.38. The van der Waals surface area contributed by atoms with Gasteiger partial charge in [-0.25, -0.2) is 9.18 Å². The molecule has 0 aliphatic rings. The van der Waals surface area contributed by atoms with Crippen LogP contribution in [0.15, 0.2) is 78.9 Å². The number of carbonyl (C=O) groups is 1. The third-order valence-corrected chi connectivity index (χ3v) is 4.91. The Balaban J connectivity index is 1.80. The van der Waals surface area contributed by atoms with Gasteiger partial charge in [-0.2, -0.15) is 5.10 Å². The SMILES string of the molecule is COc1ccc(-c2cc(-c3ccc(F)cc3)n(Cc3ccccc3)n2)c(OCC(=O)O)c1. The number of carboxylic acids is 1. The molecule has 0 amide bonds. The summed E-state index contributed by atoms with van der Waals surface area (Å²) in [5.41, 5.74) is 3.89. The Morgan fingerprint density at radius 3 is 2.47 bits per heavy atom. The van der Waals surface area contributed by atoms with Crippen LogP contribution >= 0.6 is 0 Å². The van der Waals surface area contributed by atoms with Crippen molar-refractivity contribution in [1.82, 2.24) is 9.78 Å². The quantitative estimate of drug-likeness (QED) is 0.430. The molecule has 6 nitrogen and oxygen atoms in total. The Morgan fingerprint density at radius 1 is 1.03 bits per heavy atom. The lowest BCUT2D eigenvalue weighted by Crippen LogP contribution is -2.10. The Hall–Kier alpha value is -4.13. The molecule has 0 saturated carbocycles. The maximum Gasteiger partial charge on any atom is 0.341 e. The average Bonchev–Trinajstić information content (AvgIpc) is 3.22. The molecule has 0 aliphatic carbocycles. The van der Waals surface area contributed by atoms with E-state index >= 15 is 0 Å². The molecule has 7 heteroatoms. The third-order valence-electron chi connectivity index (χ3n) is 4.91. The standard InChI is InChI=1S/C25H21FN2O4/c1-31-20-11-12-21(24(13-20)32-16-25(29)30)22-14-23(18-7-9-19(26)10-8-18)28(27-22)15-17-5-3-2-4-6-17/h2-14H,15-16H2,1H3,(H,29,30). The summed E-state index contributed by atoms with van der Waals surface area (Å²) >= 11 is 0. The molecule has 0 aliphatic heterocycles. The third kappa shape index (κ3) is 4.78. The smallest absolute Gasteiger partial charge is 0.341 e. The fraction of sp³-hybridized carbons (Fsp3) is 0.120. The number of hydrogen-bond acceptors (Lipinski definition) is 4. The molecule has 32 heavy (non-hydrogen) atoms. The van der Waals surface area contributed by atoms with Gasteiger partial charge in [0.1, 0.15) is 17.3 Å². The van der Waals surface area contributed by atoms with Crippen molar-refractivity contribution in [2.45, 2.75) is 6.54 Å². The number of rotatable bonds is 8. The molecule has 0 fully saturated rings. The molecule has 3 aromatic carbocycles. The van der Waals surface area contributed by atoms with Crippen molar-refractivity contribution in [1.29, 1.82) is 0 Å². The van der Waals surface area contributed by atoms with Gasteiger partial charge in [-0.05, 0) is 48.0 Å². The van der Waals surface area contributed by atoms with Crippen LogP contribution in [0.4, 0.5) is 4.39 Å². The number of carboxylic acid groups (broad SMARTS) is 1. The van der Waals surface area contributed by atoms with Crippen LogP contribution < -0.4 is 9.47 Å². The molecule has 0 atom stereocenters. The highest BCUT2D eigenvalue weighted by Gasteiger charge is 2.17. The predicted molar refractivity (Wildman–Crippen MR) is 118 cm³/mol. The minimum atomic E-state index is -1.08. The number of nitrogens with zero attached hydrogens (tertiary/aromatic N) is 2. The van der Waals surface area contributed by atoms with Crippen LogP contribution in [0.25, 0.3) is 22.5 Å². The molecule has 1 aromatic heterocycles. The van der Waals surface area contributed by atoms with Gasteiger partial charge >= 0.3 is 5.97 Å². The first-order chi connectivity index (χ1) is 15.5. The van der Waals surface area contributed by atoms with Crippen LogP contribution in [0.3, 0.4) is 0 Å². The zero-order chi connectivity index (χ0) is 22.5. The van der Waals surface area contributed by atoms with Crippen LogP contribution in [-0.4, -0.2) is 34.6 Å². The maximum atomic E-state index is 13.5. The highest BCUT2D eigenvalue weighted by molar-refractivity contribution is 5.74. The lowest BCUT2D eigenvalue weighted by Gasteiger charge is -2.10. The van der Waals surface area contributed by atoms with E-state index in [9.17, 15) is 9.18 Å². The Morgan fingerprint density at radius 2 is 1.78 bits per heavy atom. The number of aromatic nitrogens is 2. The molecule has 4 rings (SSSR count). The molecule has 0 bridgehead atoms. The second kappa shape index (κ2) is 9.34. The van der Waals surface area contributed by atoms with Crippen molar-refractivity contribution in [3.05, 3.63) is 90.2 Å². The summed E-state index contributed by atoms with van der Waals surface area (Å²) in [4.78, 5) is 11.0. The number of aliphatic carboxylic acids is 1. The van der Waals surface area contributed by atoms with Gasteiger partial charge in [0.25, 0.3) is 0 Å². The van der Waals surface area contributed by atoms with Crippen LogP contribution in [0.2, 0.25) is 0 Å². The normalized spacial score (nSPS) is 10.7. The zero-order valence-corrected chi connectivity index (χ0v) is 17.4. The number of benzene rings is 3. The topological polar surface area (TPSA) is 73.6 Å². The molecule has 0 saturated heterocycles. The van der Waals surface area contributed by atoms with E-state index in [0.29, 0.717) is 29.3 Å². The summed E-state index contributed by atoms with van der Waals surface area (Å²) in [5.74, 6) is -0.513. The van der Waals surface area contributed by atoms with Gasteiger partial charge in [-0.3, -0.25) is 4.68 Å². The number of hydrogen-bond donors (Lipinski definition) is 1. The minimum Gasteiger partial charge on any atom is -0.497 e. The molecule has 1 N–H and O–H groups in total. The van der Waals surface area contributed by atoms with E-state index in [4.69, 9.17) is 19.7 Å². The molecule has 1 heterocycles. The lowest BCUT2D eigenvalue weighted by atomic mass is 10.1. The lowest BCUT2D eigenvalue weighted by molar-refractivity contribution is -0.139. The Bertz CT molecular complexity index is 1220. The van der Waals surface area contributed by atoms with Crippen molar-refractivity contribution in [2.75, 3.05) is 13.7 Å². The molecule has 0 spiro atoms. The average molecular weight is 432 g/mol. The van der Waals surface area contributed by atoms with Crippen LogP contribution in [0.5, 0.6) is 11.5 Å². The summed E-state index contributed by atoms with van der Waals surface area (Å²) in [6.45, 7) is 0.0186. The molecule has 0 radical (unpaired) electrons. The summed E-state index contributed by atoms with van der Waals surface area (Å²) in [5, 5.41) is 13.8. The highest BCUT2D eigenvalue weighted by Crippen LogP contribution is 2.35. The molecule has 4 aromatic rings. The van der Waals surface area contributed by atoms with E-state index in [1.54, 1.807) is 30.3 Å². The second-order valence-corrected chi connectivity index (χ2v) is 7.11. The van der Waals surface area contributed by atoms with E-state index in [1.807, 2.05) is 41.1 Å². The van der Waals surface area contributed by atoms with E-state index < -0.39 is 12.6 Å². The molecule has 0 unspecified atom stereocenters. The molecular weight excluding hydrogens is 411 g/mol. The number of ether oxygens (including phenoxy) is 2. The summed E-state index contributed by atoms with van der Waals surface area (Å²) in [6.07, 6.45) is 0. The molecular formula is C25H21FN2O4. The maximum absolute atomic E-state index is 13.5. The van der Waals surface area contributed by atoms with Crippen LogP contribution in [-0.2, 0) is 11.3 Å².